The normalized spacial score (nSPS) is 24.9. The molecule has 2 aliphatic heterocycles. The Hall–Kier alpha value is -0.610. The third-order valence-electron chi connectivity index (χ3n) is 5.08. The van der Waals surface area contributed by atoms with Gasteiger partial charge in [-0.3, -0.25) is 9.69 Å². The van der Waals surface area contributed by atoms with Crippen LogP contribution in [0, 0.1) is 0 Å². The Morgan fingerprint density at radius 1 is 1.00 bits per heavy atom. The molecule has 0 bridgehead atoms. The van der Waals surface area contributed by atoms with Crippen LogP contribution in [0.25, 0.3) is 0 Å². The maximum absolute atomic E-state index is 12.4. The summed E-state index contributed by atoms with van der Waals surface area (Å²) >= 11 is 0. The van der Waals surface area contributed by atoms with Crippen molar-refractivity contribution < 1.29 is 4.79 Å². The number of carbonyl (C=O) groups excluding carboxylic acids is 1. The van der Waals surface area contributed by atoms with Gasteiger partial charge in [0.1, 0.15) is 0 Å². The first-order valence-corrected chi connectivity index (χ1v) is 9.55. The van der Waals surface area contributed by atoms with Crippen LogP contribution in [-0.4, -0.2) is 61.0 Å². The van der Waals surface area contributed by atoms with Gasteiger partial charge in [0.2, 0.25) is 5.91 Å². The fourth-order valence-electron chi connectivity index (χ4n) is 3.83. The Kier molecular flexibility index (Phi) is 8.24. The SMILES string of the molecule is CCCN1CCCCC1C(=O)NCCCN1CCCCCC1. The molecular weight excluding hydrogens is 274 g/mol. The lowest BCUT2D eigenvalue weighted by Crippen LogP contribution is -2.50. The zero-order valence-corrected chi connectivity index (χ0v) is 14.5. The van der Waals surface area contributed by atoms with E-state index in [-0.39, 0.29) is 11.9 Å². The van der Waals surface area contributed by atoms with Gasteiger partial charge in [-0.15, -0.1) is 0 Å². The lowest BCUT2D eigenvalue weighted by molar-refractivity contribution is -0.127. The molecule has 2 saturated heterocycles. The zero-order valence-electron chi connectivity index (χ0n) is 14.5. The number of amides is 1. The first-order chi connectivity index (χ1) is 10.8. The van der Waals surface area contributed by atoms with E-state index in [0.717, 1.165) is 45.4 Å². The predicted molar refractivity (Wildman–Crippen MR) is 92.0 cm³/mol. The van der Waals surface area contributed by atoms with Gasteiger partial charge in [0, 0.05) is 6.54 Å². The van der Waals surface area contributed by atoms with Crippen molar-refractivity contribution in [2.24, 2.45) is 0 Å². The molecule has 1 unspecified atom stereocenters. The lowest BCUT2D eigenvalue weighted by atomic mass is 10.0. The number of hydrogen-bond donors (Lipinski definition) is 1. The summed E-state index contributed by atoms with van der Waals surface area (Å²) in [5.41, 5.74) is 0. The highest BCUT2D eigenvalue weighted by atomic mass is 16.2. The molecule has 1 atom stereocenters. The van der Waals surface area contributed by atoms with Crippen LogP contribution in [0.15, 0.2) is 0 Å². The van der Waals surface area contributed by atoms with Crippen LogP contribution in [0.1, 0.15) is 64.7 Å². The molecule has 4 nitrogen and oxygen atoms in total. The monoisotopic (exact) mass is 309 g/mol. The van der Waals surface area contributed by atoms with Crippen LogP contribution in [0.3, 0.4) is 0 Å². The van der Waals surface area contributed by atoms with E-state index in [0.29, 0.717) is 0 Å². The van der Waals surface area contributed by atoms with Crippen LogP contribution >= 0.6 is 0 Å². The summed E-state index contributed by atoms with van der Waals surface area (Å²) in [5.74, 6) is 0.268. The minimum Gasteiger partial charge on any atom is -0.355 e. The number of nitrogens with zero attached hydrogens (tertiary/aromatic N) is 2. The molecular formula is C18H35N3O. The molecule has 0 aromatic carbocycles. The smallest absolute Gasteiger partial charge is 0.237 e. The molecule has 0 radical (unpaired) electrons. The first-order valence-electron chi connectivity index (χ1n) is 9.55. The summed E-state index contributed by atoms with van der Waals surface area (Å²) in [6.07, 6.45) is 11.2. The summed E-state index contributed by atoms with van der Waals surface area (Å²) in [6, 6.07) is 0.131. The van der Waals surface area contributed by atoms with Crippen molar-refractivity contribution in [3.05, 3.63) is 0 Å². The summed E-state index contributed by atoms with van der Waals surface area (Å²) < 4.78 is 0. The quantitative estimate of drug-likeness (QED) is 0.734. The van der Waals surface area contributed by atoms with Crippen molar-refractivity contribution in [3.63, 3.8) is 0 Å². The second kappa shape index (κ2) is 10.2. The van der Waals surface area contributed by atoms with Gasteiger partial charge < -0.3 is 10.2 Å². The third-order valence-corrected chi connectivity index (χ3v) is 5.08. The van der Waals surface area contributed by atoms with Crippen LogP contribution in [0.4, 0.5) is 0 Å². The number of likely N-dealkylation sites (tertiary alicyclic amines) is 2. The summed E-state index contributed by atoms with van der Waals surface area (Å²) in [6.45, 7) is 8.84. The van der Waals surface area contributed by atoms with E-state index < -0.39 is 0 Å². The lowest BCUT2D eigenvalue weighted by Gasteiger charge is -2.34. The van der Waals surface area contributed by atoms with Crippen molar-refractivity contribution in [3.8, 4) is 0 Å². The van der Waals surface area contributed by atoms with Crippen LogP contribution in [0.2, 0.25) is 0 Å². The fourth-order valence-corrected chi connectivity index (χ4v) is 3.83. The molecule has 128 valence electrons. The van der Waals surface area contributed by atoms with E-state index >= 15 is 0 Å². The fraction of sp³-hybridized carbons (Fsp3) is 0.944. The summed E-state index contributed by atoms with van der Waals surface area (Å²) in [4.78, 5) is 17.4. The molecule has 2 aliphatic rings. The van der Waals surface area contributed by atoms with Gasteiger partial charge in [-0.05, 0) is 71.2 Å². The Bertz CT molecular complexity index is 311. The van der Waals surface area contributed by atoms with E-state index in [1.54, 1.807) is 0 Å². The van der Waals surface area contributed by atoms with Gasteiger partial charge in [0.25, 0.3) is 0 Å². The molecule has 0 aromatic rings. The third kappa shape index (κ3) is 5.88. The number of rotatable bonds is 7. The topological polar surface area (TPSA) is 35.6 Å². The second-order valence-electron chi connectivity index (χ2n) is 6.95. The predicted octanol–water partition coefficient (Wildman–Crippen LogP) is 2.63. The summed E-state index contributed by atoms with van der Waals surface area (Å²) in [5, 5.41) is 3.19. The molecule has 1 amide bonds. The van der Waals surface area contributed by atoms with Crippen molar-refractivity contribution >= 4 is 5.91 Å². The van der Waals surface area contributed by atoms with Crippen molar-refractivity contribution in [2.75, 3.05) is 39.3 Å². The van der Waals surface area contributed by atoms with E-state index in [4.69, 9.17) is 0 Å². The molecule has 0 aromatic heterocycles. The molecule has 2 fully saturated rings. The zero-order chi connectivity index (χ0) is 15.6. The number of carbonyl (C=O) groups is 1. The van der Waals surface area contributed by atoms with Gasteiger partial charge in [-0.25, -0.2) is 0 Å². The summed E-state index contributed by atoms with van der Waals surface area (Å²) in [7, 11) is 0. The Morgan fingerprint density at radius 3 is 2.45 bits per heavy atom. The maximum Gasteiger partial charge on any atom is 0.237 e. The van der Waals surface area contributed by atoms with Crippen LogP contribution in [-0.2, 0) is 4.79 Å². The second-order valence-corrected chi connectivity index (χ2v) is 6.95. The highest BCUT2D eigenvalue weighted by molar-refractivity contribution is 5.81. The standard InChI is InChI=1S/C18H35N3O/c1-2-12-21-16-8-5-10-17(21)18(22)19-11-9-15-20-13-6-3-4-7-14-20/h17H,2-16H2,1H3,(H,19,22). The van der Waals surface area contributed by atoms with Crippen molar-refractivity contribution in [1.29, 1.82) is 0 Å². The van der Waals surface area contributed by atoms with Gasteiger partial charge in [-0.1, -0.05) is 26.2 Å². The molecule has 0 spiro atoms. The van der Waals surface area contributed by atoms with Crippen LogP contribution in [0.5, 0.6) is 0 Å². The van der Waals surface area contributed by atoms with Crippen molar-refractivity contribution in [2.45, 2.75) is 70.8 Å². The molecule has 22 heavy (non-hydrogen) atoms. The molecule has 0 aliphatic carbocycles. The average molecular weight is 309 g/mol. The molecule has 2 rings (SSSR count). The largest absolute Gasteiger partial charge is 0.355 e. The highest BCUT2D eigenvalue weighted by Gasteiger charge is 2.27. The van der Waals surface area contributed by atoms with Gasteiger partial charge in [-0.2, -0.15) is 0 Å². The number of nitrogens with one attached hydrogen (secondary N) is 1. The minimum atomic E-state index is 0.131. The van der Waals surface area contributed by atoms with Crippen molar-refractivity contribution in [1.82, 2.24) is 15.1 Å². The van der Waals surface area contributed by atoms with Gasteiger partial charge in [0.05, 0.1) is 6.04 Å². The molecule has 1 N–H and O–H groups in total. The average Bonchev–Trinajstić information content (AvgIpc) is 2.81. The van der Waals surface area contributed by atoms with Crippen LogP contribution < -0.4 is 5.32 Å². The Balaban J connectivity index is 1.63. The first kappa shape index (κ1) is 17.7. The minimum absolute atomic E-state index is 0.131. The maximum atomic E-state index is 12.4. The Labute approximate surface area is 136 Å². The number of piperidine rings is 1. The van der Waals surface area contributed by atoms with Gasteiger partial charge in [0.15, 0.2) is 0 Å². The molecule has 0 saturated carbocycles. The highest BCUT2D eigenvalue weighted by Crippen LogP contribution is 2.17. The van der Waals surface area contributed by atoms with Gasteiger partial charge >= 0.3 is 0 Å². The Morgan fingerprint density at radius 2 is 1.73 bits per heavy atom. The van der Waals surface area contributed by atoms with E-state index in [1.807, 2.05) is 0 Å². The molecule has 2 heterocycles. The van der Waals surface area contributed by atoms with E-state index in [9.17, 15) is 4.79 Å². The van der Waals surface area contributed by atoms with E-state index in [1.165, 1.54) is 51.6 Å². The molecule has 4 heteroatoms. The number of hydrogen-bond acceptors (Lipinski definition) is 3. The van der Waals surface area contributed by atoms with E-state index in [2.05, 4.69) is 22.0 Å².